The summed E-state index contributed by atoms with van der Waals surface area (Å²) in [5, 5.41) is 9.20. The molecule has 0 radical (unpaired) electrons. The second-order valence-electron chi connectivity index (χ2n) is 5.48. The van der Waals surface area contributed by atoms with E-state index in [1.54, 1.807) is 11.8 Å². The summed E-state index contributed by atoms with van der Waals surface area (Å²) in [7, 11) is 0. The Bertz CT molecular complexity index is 801. The minimum Gasteiger partial charge on any atom is -0.306 e. The standard InChI is InChI=1S/C14H16N6S/c1-9-5-10(2)19-6-11(17-13(19)16-9)7-21-14-18-15-8-20(14)12-3-4-12/h5-6,8,12H,3-4,7H2,1-2H3. The van der Waals surface area contributed by atoms with E-state index in [2.05, 4.69) is 43.9 Å². The summed E-state index contributed by atoms with van der Waals surface area (Å²) in [6.07, 6.45) is 6.37. The summed E-state index contributed by atoms with van der Waals surface area (Å²) >= 11 is 1.69. The molecule has 6 nitrogen and oxygen atoms in total. The molecule has 3 aromatic rings. The average Bonchev–Trinajstić information content (AvgIpc) is 3.03. The van der Waals surface area contributed by atoms with Crippen molar-refractivity contribution in [2.45, 2.75) is 43.6 Å². The fraction of sp³-hybridized carbons (Fsp3) is 0.429. The van der Waals surface area contributed by atoms with Crippen LogP contribution in [0.3, 0.4) is 0 Å². The Labute approximate surface area is 126 Å². The van der Waals surface area contributed by atoms with Gasteiger partial charge in [0.25, 0.3) is 0 Å². The number of fused-ring (bicyclic) bond motifs is 1. The number of rotatable bonds is 4. The van der Waals surface area contributed by atoms with Crippen molar-refractivity contribution in [1.29, 1.82) is 0 Å². The van der Waals surface area contributed by atoms with E-state index in [1.165, 1.54) is 12.8 Å². The molecule has 3 aromatic heterocycles. The van der Waals surface area contributed by atoms with E-state index in [9.17, 15) is 0 Å². The predicted molar refractivity (Wildman–Crippen MR) is 80.3 cm³/mol. The summed E-state index contributed by atoms with van der Waals surface area (Å²) in [6.45, 7) is 4.07. The van der Waals surface area contributed by atoms with E-state index in [0.717, 1.165) is 33.8 Å². The van der Waals surface area contributed by atoms with E-state index in [0.29, 0.717) is 6.04 Å². The van der Waals surface area contributed by atoms with Gasteiger partial charge in [0, 0.05) is 29.4 Å². The number of hydrogen-bond acceptors (Lipinski definition) is 5. The number of imidazole rings is 1. The Morgan fingerprint density at radius 3 is 2.95 bits per heavy atom. The molecule has 0 unspecified atom stereocenters. The van der Waals surface area contributed by atoms with Crippen molar-refractivity contribution in [3.05, 3.63) is 35.7 Å². The molecule has 4 rings (SSSR count). The molecule has 0 amide bonds. The van der Waals surface area contributed by atoms with Gasteiger partial charge in [0.1, 0.15) is 6.33 Å². The lowest BCUT2D eigenvalue weighted by atomic mass is 10.3. The largest absolute Gasteiger partial charge is 0.306 e. The molecule has 0 aromatic carbocycles. The maximum atomic E-state index is 4.60. The normalized spacial score (nSPS) is 15.0. The van der Waals surface area contributed by atoms with Crippen molar-refractivity contribution < 1.29 is 0 Å². The SMILES string of the molecule is Cc1cc(C)n2cc(CSc3nncn3C3CC3)nc2n1. The molecular weight excluding hydrogens is 284 g/mol. The van der Waals surface area contributed by atoms with Gasteiger partial charge in [0.05, 0.1) is 5.69 Å². The van der Waals surface area contributed by atoms with Crippen LogP contribution in [-0.2, 0) is 5.75 Å². The summed E-state index contributed by atoms with van der Waals surface area (Å²) < 4.78 is 4.21. The smallest absolute Gasteiger partial charge is 0.234 e. The van der Waals surface area contributed by atoms with E-state index in [4.69, 9.17) is 0 Å². The zero-order chi connectivity index (χ0) is 14.4. The average molecular weight is 300 g/mol. The van der Waals surface area contributed by atoms with Gasteiger partial charge in [-0.15, -0.1) is 10.2 Å². The van der Waals surface area contributed by atoms with Crippen molar-refractivity contribution in [2.24, 2.45) is 0 Å². The first-order valence-corrected chi connectivity index (χ1v) is 8.04. The molecule has 0 N–H and O–H groups in total. The Balaban J connectivity index is 1.57. The number of aromatic nitrogens is 6. The maximum Gasteiger partial charge on any atom is 0.234 e. The van der Waals surface area contributed by atoms with Crippen molar-refractivity contribution in [3.8, 4) is 0 Å². The first-order valence-electron chi connectivity index (χ1n) is 7.05. The third kappa shape index (κ3) is 2.42. The Morgan fingerprint density at radius 1 is 1.29 bits per heavy atom. The fourth-order valence-corrected chi connectivity index (χ4v) is 3.33. The van der Waals surface area contributed by atoms with Crippen LogP contribution in [0, 0.1) is 13.8 Å². The highest BCUT2D eigenvalue weighted by molar-refractivity contribution is 7.98. The Hall–Kier alpha value is -1.89. The molecule has 0 bridgehead atoms. The van der Waals surface area contributed by atoms with Gasteiger partial charge in [-0.05, 0) is 32.8 Å². The molecule has 1 saturated carbocycles. The molecular formula is C14H16N6S. The number of thioether (sulfide) groups is 1. The number of hydrogen-bond donors (Lipinski definition) is 0. The summed E-state index contributed by atoms with van der Waals surface area (Å²) in [6, 6.07) is 2.67. The quantitative estimate of drug-likeness (QED) is 0.693. The van der Waals surface area contributed by atoms with Crippen LogP contribution in [0.15, 0.2) is 23.7 Å². The van der Waals surface area contributed by atoms with Crippen LogP contribution in [0.1, 0.15) is 36.0 Å². The maximum absolute atomic E-state index is 4.60. The third-order valence-electron chi connectivity index (χ3n) is 3.64. The first kappa shape index (κ1) is 12.8. The van der Waals surface area contributed by atoms with Crippen LogP contribution in [0.2, 0.25) is 0 Å². The van der Waals surface area contributed by atoms with E-state index in [1.807, 2.05) is 17.7 Å². The molecule has 0 atom stereocenters. The van der Waals surface area contributed by atoms with Gasteiger partial charge in [-0.25, -0.2) is 9.97 Å². The highest BCUT2D eigenvalue weighted by atomic mass is 32.2. The third-order valence-corrected chi connectivity index (χ3v) is 4.63. The number of aryl methyl sites for hydroxylation is 2. The van der Waals surface area contributed by atoms with Crippen molar-refractivity contribution in [1.82, 2.24) is 29.1 Å². The second-order valence-corrected chi connectivity index (χ2v) is 6.42. The highest BCUT2D eigenvalue weighted by Crippen LogP contribution is 2.37. The Kier molecular flexibility index (Phi) is 2.95. The van der Waals surface area contributed by atoms with Gasteiger partial charge < -0.3 is 4.57 Å². The molecule has 1 fully saturated rings. The lowest BCUT2D eigenvalue weighted by Gasteiger charge is -2.02. The van der Waals surface area contributed by atoms with Crippen molar-refractivity contribution in [2.75, 3.05) is 0 Å². The van der Waals surface area contributed by atoms with Gasteiger partial charge in [-0.2, -0.15) is 0 Å². The summed E-state index contributed by atoms with van der Waals surface area (Å²) in [5.74, 6) is 1.56. The lowest BCUT2D eigenvalue weighted by molar-refractivity contribution is 0.663. The van der Waals surface area contributed by atoms with Gasteiger partial charge in [-0.1, -0.05) is 11.8 Å². The van der Waals surface area contributed by atoms with E-state index >= 15 is 0 Å². The molecule has 1 aliphatic rings. The zero-order valence-corrected chi connectivity index (χ0v) is 12.8. The molecule has 108 valence electrons. The van der Waals surface area contributed by atoms with Gasteiger partial charge in [0.15, 0.2) is 5.16 Å². The minimum absolute atomic E-state index is 0.607. The van der Waals surface area contributed by atoms with Crippen LogP contribution in [0.25, 0.3) is 5.78 Å². The number of nitrogens with zero attached hydrogens (tertiary/aromatic N) is 6. The van der Waals surface area contributed by atoms with Crippen molar-refractivity contribution >= 4 is 17.5 Å². The van der Waals surface area contributed by atoms with Crippen LogP contribution in [-0.4, -0.2) is 29.1 Å². The molecule has 1 aliphatic carbocycles. The van der Waals surface area contributed by atoms with Crippen molar-refractivity contribution in [3.63, 3.8) is 0 Å². The topological polar surface area (TPSA) is 60.9 Å². The molecule has 21 heavy (non-hydrogen) atoms. The van der Waals surface area contributed by atoms with Gasteiger partial charge in [0.2, 0.25) is 5.78 Å². The summed E-state index contributed by atoms with van der Waals surface area (Å²) in [5.41, 5.74) is 3.17. The fourth-order valence-electron chi connectivity index (χ4n) is 2.46. The molecule has 0 saturated heterocycles. The Morgan fingerprint density at radius 2 is 2.14 bits per heavy atom. The predicted octanol–water partition coefficient (Wildman–Crippen LogP) is 2.56. The summed E-state index contributed by atoms with van der Waals surface area (Å²) in [4.78, 5) is 9.06. The van der Waals surface area contributed by atoms with Crippen LogP contribution in [0.4, 0.5) is 0 Å². The molecule has 0 aliphatic heterocycles. The second kappa shape index (κ2) is 4.84. The van der Waals surface area contributed by atoms with Gasteiger partial charge in [-0.3, -0.25) is 4.40 Å². The monoisotopic (exact) mass is 300 g/mol. The highest BCUT2D eigenvalue weighted by Gasteiger charge is 2.26. The minimum atomic E-state index is 0.607. The van der Waals surface area contributed by atoms with Crippen LogP contribution < -0.4 is 0 Å². The molecule has 0 spiro atoms. The van der Waals surface area contributed by atoms with Crippen LogP contribution >= 0.6 is 11.8 Å². The van der Waals surface area contributed by atoms with Crippen LogP contribution in [0.5, 0.6) is 0 Å². The lowest BCUT2D eigenvalue weighted by Crippen LogP contribution is -1.94. The zero-order valence-electron chi connectivity index (χ0n) is 12.0. The molecule has 3 heterocycles. The first-order chi connectivity index (χ1) is 10.2. The molecule has 7 heteroatoms. The van der Waals surface area contributed by atoms with Gasteiger partial charge >= 0.3 is 0 Å². The van der Waals surface area contributed by atoms with E-state index < -0.39 is 0 Å². The van der Waals surface area contributed by atoms with E-state index in [-0.39, 0.29) is 0 Å².